The number of nitrogens with one attached hydrogen (secondary N) is 1. The summed E-state index contributed by atoms with van der Waals surface area (Å²) in [5.41, 5.74) is 7.28. The Labute approximate surface area is 79.9 Å². The van der Waals surface area contributed by atoms with Crippen LogP contribution in [-0.2, 0) is 0 Å². The first-order valence-electron chi connectivity index (χ1n) is 3.99. The van der Waals surface area contributed by atoms with Crippen LogP contribution in [0.25, 0.3) is 0 Å². The van der Waals surface area contributed by atoms with E-state index in [0.717, 1.165) is 10.2 Å². The zero-order chi connectivity index (χ0) is 8.93. The summed E-state index contributed by atoms with van der Waals surface area (Å²) in [4.78, 5) is 0. The van der Waals surface area contributed by atoms with Crippen molar-refractivity contribution in [2.75, 3.05) is 0 Å². The molecule has 3 nitrogen and oxygen atoms in total. The van der Waals surface area contributed by atoms with E-state index in [1.807, 2.05) is 0 Å². The summed E-state index contributed by atoms with van der Waals surface area (Å²) in [5.74, 6) is 0.425. The second kappa shape index (κ2) is 2.33. The molecule has 1 saturated carbocycles. The molecule has 2 rings (SSSR count). The van der Waals surface area contributed by atoms with Gasteiger partial charge in [-0.3, -0.25) is 5.10 Å². The summed E-state index contributed by atoms with van der Waals surface area (Å²) in [7, 11) is 0. The van der Waals surface area contributed by atoms with Crippen molar-refractivity contribution in [3.8, 4) is 0 Å². The maximum absolute atomic E-state index is 5.94. The van der Waals surface area contributed by atoms with Crippen LogP contribution < -0.4 is 5.73 Å². The molecule has 1 aliphatic rings. The van der Waals surface area contributed by atoms with Gasteiger partial charge in [-0.15, -0.1) is 0 Å². The van der Waals surface area contributed by atoms with E-state index in [9.17, 15) is 0 Å². The quantitative estimate of drug-likeness (QED) is 0.770. The number of nitrogens with two attached hydrogens (primary N) is 1. The van der Waals surface area contributed by atoms with Crippen molar-refractivity contribution in [3.63, 3.8) is 0 Å². The van der Waals surface area contributed by atoms with Crippen LogP contribution in [0.15, 0.2) is 10.7 Å². The predicted molar refractivity (Wildman–Crippen MR) is 50.8 cm³/mol. The predicted octanol–water partition coefficient (Wildman–Crippen LogP) is 1.62. The van der Waals surface area contributed by atoms with Crippen molar-refractivity contribution < 1.29 is 0 Å². The maximum atomic E-state index is 5.94. The molecule has 12 heavy (non-hydrogen) atoms. The van der Waals surface area contributed by atoms with Gasteiger partial charge in [0, 0.05) is 12.0 Å². The van der Waals surface area contributed by atoms with Gasteiger partial charge >= 0.3 is 0 Å². The SMILES string of the molecule is CC1(C)C(N)C1c1[nH]ncc1Br. The Morgan fingerprint density at radius 3 is 2.58 bits per heavy atom. The fourth-order valence-corrected chi connectivity index (χ4v) is 2.17. The molecule has 3 N–H and O–H groups in total. The highest BCUT2D eigenvalue weighted by molar-refractivity contribution is 9.10. The summed E-state index contributed by atoms with van der Waals surface area (Å²) in [5, 5.41) is 6.93. The van der Waals surface area contributed by atoms with E-state index >= 15 is 0 Å². The van der Waals surface area contributed by atoms with E-state index in [1.54, 1.807) is 6.20 Å². The van der Waals surface area contributed by atoms with Gasteiger partial charge < -0.3 is 5.73 Å². The molecule has 0 bridgehead atoms. The maximum Gasteiger partial charge on any atom is 0.0632 e. The standard InChI is InChI=1S/C8H12BrN3/c1-8(2)5(7(8)10)6-4(9)3-11-12-6/h3,5,7H,10H2,1-2H3,(H,11,12). The number of aromatic nitrogens is 2. The topological polar surface area (TPSA) is 54.7 Å². The summed E-state index contributed by atoms with van der Waals surface area (Å²) >= 11 is 3.44. The molecule has 4 heteroatoms. The Morgan fingerprint density at radius 2 is 2.25 bits per heavy atom. The van der Waals surface area contributed by atoms with Crippen molar-refractivity contribution in [3.05, 3.63) is 16.4 Å². The monoisotopic (exact) mass is 229 g/mol. The van der Waals surface area contributed by atoms with E-state index in [-0.39, 0.29) is 11.5 Å². The highest BCUT2D eigenvalue weighted by Crippen LogP contribution is 2.57. The average molecular weight is 230 g/mol. The average Bonchev–Trinajstić information content (AvgIpc) is 2.39. The summed E-state index contributed by atoms with van der Waals surface area (Å²) in [6.07, 6.45) is 1.77. The number of aromatic amines is 1. The lowest BCUT2D eigenvalue weighted by atomic mass is 10.1. The van der Waals surface area contributed by atoms with Crippen molar-refractivity contribution in [2.45, 2.75) is 25.8 Å². The Kier molecular flexibility index (Phi) is 1.60. The molecular weight excluding hydrogens is 218 g/mol. The summed E-state index contributed by atoms with van der Waals surface area (Å²) in [6.45, 7) is 4.35. The van der Waals surface area contributed by atoms with Crippen LogP contribution in [0.2, 0.25) is 0 Å². The number of halogens is 1. The molecule has 0 aromatic carbocycles. The zero-order valence-corrected chi connectivity index (χ0v) is 8.72. The van der Waals surface area contributed by atoms with Crippen LogP contribution in [0.5, 0.6) is 0 Å². The van der Waals surface area contributed by atoms with Gasteiger partial charge in [-0.1, -0.05) is 13.8 Å². The van der Waals surface area contributed by atoms with Crippen LogP contribution in [0, 0.1) is 5.41 Å². The highest BCUT2D eigenvalue weighted by atomic mass is 79.9. The fourth-order valence-electron chi connectivity index (χ4n) is 1.73. The van der Waals surface area contributed by atoms with Gasteiger partial charge in [0.15, 0.2) is 0 Å². The second-order valence-corrected chi connectivity index (χ2v) is 4.81. The van der Waals surface area contributed by atoms with Gasteiger partial charge in [0.25, 0.3) is 0 Å². The van der Waals surface area contributed by atoms with Crippen molar-refractivity contribution >= 4 is 15.9 Å². The molecule has 0 saturated heterocycles. The molecule has 2 atom stereocenters. The van der Waals surface area contributed by atoms with Crippen LogP contribution in [0.4, 0.5) is 0 Å². The largest absolute Gasteiger partial charge is 0.327 e. The molecule has 66 valence electrons. The number of hydrogen-bond donors (Lipinski definition) is 2. The highest BCUT2D eigenvalue weighted by Gasteiger charge is 2.57. The van der Waals surface area contributed by atoms with Crippen molar-refractivity contribution in [1.82, 2.24) is 10.2 Å². The number of hydrogen-bond acceptors (Lipinski definition) is 2. The Balaban J connectivity index is 2.30. The third-order valence-corrected chi connectivity index (χ3v) is 3.47. The smallest absolute Gasteiger partial charge is 0.0632 e. The molecule has 0 aliphatic heterocycles. The molecule has 0 amide bonds. The van der Waals surface area contributed by atoms with Gasteiger partial charge in [0.05, 0.1) is 16.4 Å². The van der Waals surface area contributed by atoms with E-state index in [0.29, 0.717) is 5.92 Å². The Morgan fingerprint density at radius 1 is 1.67 bits per heavy atom. The minimum absolute atomic E-state index is 0.217. The van der Waals surface area contributed by atoms with E-state index < -0.39 is 0 Å². The lowest BCUT2D eigenvalue weighted by Gasteiger charge is -1.99. The summed E-state index contributed by atoms with van der Waals surface area (Å²) < 4.78 is 1.04. The molecule has 0 spiro atoms. The molecule has 1 aliphatic carbocycles. The van der Waals surface area contributed by atoms with Crippen molar-refractivity contribution in [1.29, 1.82) is 0 Å². The molecule has 1 heterocycles. The molecule has 1 aromatic heterocycles. The van der Waals surface area contributed by atoms with Crippen LogP contribution in [0.3, 0.4) is 0 Å². The van der Waals surface area contributed by atoms with Gasteiger partial charge in [-0.25, -0.2) is 0 Å². The number of H-pyrrole nitrogens is 1. The van der Waals surface area contributed by atoms with Crippen LogP contribution in [0.1, 0.15) is 25.5 Å². The summed E-state index contributed by atoms with van der Waals surface area (Å²) in [6, 6.07) is 0.259. The molecule has 0 radical (unpaired) electrons. The van der Waals surface area contributed by atoms with Gasteiger partial charge in [-0.2, -0.15) is 5.10 Å². The molecular formula is C8H12BrN3. The lowest BCUT2D eigenvalue weighted by molar-refractivity contribution is 0.594. The van der Waals surface area contributed by atoms with E-state index in [1.165, 1.54) is 0 Å². The van der Waals surface area contributed by atoms with Gasteiger partial charge in [0.1, 0.15) is 0 Å². The first-order valence-corrected chi connectivity index (χ1v) is 4.79. The van der Waals surface area contributed by atoms with Crippen molar-refractivity contribution in [2.24, 2.45) is 11.1 Å². The normalized spacial score (nSPS) is 32.0. The number of nitrogens with zero attached hydrogens (tertiary/aromatic N) is 1. The Hall–Kier alpha value is -0.350. The lowest BCUT2D eigenvalue weighted by Crippen LogP contribution is -2.06. The fraction of sp³-hybridized carbons (Fsp3) is 0.625. The van der Waals surface area contributed by atoms with E-state index in [4.69, 9.17) is 5.73 Å². The molecule has 2 unspecified atom stereocenters. The third kappa shape index (κ3) is 0.944. The van der Waals surface area contributed by atoms with Crippen LogP contribution in [-0.4, -0.2) is 16.2 Å². The first kappa shape index (κ1) is 8.26. The Bertz CT molecular complexity index is 305. The van der Waals surface area contributed by atoms with Gasteiger partial charge in [-0.05, 0) is 21.3 Å². The zero-order valence-electron chi connectivity index (χ0n) is 7.13. The first-order chi connectivity index (χ1) is 5.55. The van der Waals surface area contributed by atoms with Gasteiger partial charge in [0.2, 0.25) is 0 Å². The number of rotatable bonds is 1. The minimum Gasteiger partial charge on any atom is -0.327 e. The third-order valence-electron chi connectivity index (χ3n) is 2.84. The van der Waals surface area contributed by atoms with E-state index in [2.05, 4.69) is 40.0 Å². The second-order valence-electron chi connectivity index (χ2n) is 3.96. The molecule has 1 fully saturated rings. The minimum atomic E-state index is 0.217. The van der Waals surface area contributed by atoms with Crippen LogP contribution >= 0.6 is 15.9 Å². The molecule has 1 aromatic rings.